The van der Waals surface area contributed by atoms with Crippen LogP contribution < -0.4 is 24.4 Å². The van der Waals surface area contributed by atoms with Crippen molar-refractivity contribution in [1.29, 1.82) is 0 Å². The number of imide groups is 1. The zero-order chi connectivity index (χ0) is 19.7. The maximum absolute atomic E-state index is 13.0. The van der Waals surface area contributed by atoms with Crippen LogP contribution >= 0.6 is 11.6 Å². The number of ether oxygens (including phenoxy) is 1. The minimum Gasteiger partial charge on any atom is -0.495 e. The number of aromatic nitrogens is 1. The highest BCUT2D eigenvalue weighted by molar-refractivity contribution is 6.32. The largest absolute Gasteiger partial charge is 0.495 e. The van der Waals surface area contributed by atoms with Gasteiger partial charge in [0, 0.05) is 6.07 Å². The van der Waals surface area contributed by atoms with Gasteiger partial charge in [-0.15, -0.1) is 0 Å². The Kier molecular flexibility index (Phi) is 5.19. The van der Waals surface area contributed by atoms with E-state index in [-0.39, 0.29) is 24.3 Å². The molecule has 1 aromatic carbocycles. The molecule has 2 saturated heterocycles. The molecule has 1 aromatic heterocycles. The number of quaternary nitrogens is 1. The van der Waals surface area contributed by atoms with Crippen molar-refractivity contribution in [3.63, 3.8) is 0 Å². The summed E-state index contributed by atoms with van der Waals surface area (Å²) >= 11 is 6.17. The number of rotatable bonds is 4. The van der Waals surface area contributed by atoms with Gasteiger partial charge in [-0.3, -0.25) is 14.5 Å². The Labute approximate surface area is 168 Å². The Balaban J connectivity index is 1.45. The van der Waals surface area contributed by atoms with Crippen LogP contribution in [-0.4, -0.2) is 51.1 Å². The first-order chi connectivity index (χ1) is 13.6. The zero-order valence-corrected chi connectivity index (χ0v) is 16.4. The number of pyridine rings is 1. The molecular formula is C20H23ClN4O3+2. The number of H-pyrrole nitrogens is 1. The van der Waals surface area contributed by atoms with Crippen LogP contribution in [0.15, 0.2) is 42.6 Å². The molecule has 146 valence electrons. The van der Waals surface area contributed by atoms with E-state index in [2.05, 4.69) is 9.88 Å². The number of aromatic amines is 1. The van der Waals surface area contributed by atoms with Gasteiger partial charge in [0.1, 0.15) is 31.9 Å². The molecule has 0 bridgehead atoms. The zero-order valence-electron chi connectivity index (χ0n) is 15.7. The minimum absolute atomic E-state index is 0.152. The summed E-state index contributed by atoms with van der Waals surface area (Å²) in [5.41, 5.74) is 0.500. The van der Waals surface area contributed by atoms with E-state index in [0.717, 1.165) is 36.9 Å². The molecule has 7 nitrogen and oxygen atoms in total. The highest BCUT2D eigenvalue weighted by Crippen LogP contribution is 2.31. The molecule has 4 rings (SSSR count). The second-order valence-corrected chi connectivity index (χ2v) is 7.44. The van der Waals surface area contributed by atoms with Gasteiger partial charge in [0.2, 0.25) is 5.91 Å². The predicted molar refractivity (Wildman–Crippen MR) is 105 cm³/mol. The number of anilines is 2. The lowest BCUT2D eigenvalue weighted by molar-refractivity contribution is -0.915. The van der Waals surface area contributed by atoms with Crippen molar-refractivity contribution < 1.29 is 24.2 Å². The van der Waals surface area contributed by atoms with Crippen molar-refractivity contribution >= 4 is 34.9 Å². The van der Waals surface area contributed by atoms with Crippen LogP contribution in [0.25, 0.3) is 0 Å². The van der Waals surface area contributed by atoms with Crippen molar-refractivity contribution in [2.24, 2.45) is 0 Å². The quantitative estimate of drug-likeness (QED) is 0.742. The van der Waals surface area contributed by atoms with Crippen LogP contribution in [-0.2, 0) is 9.59 Å². The molecule has 8 heteroatoms. The number of carbonyl (C=O) groups is 2. The lowest BCUT2D eigenvalue weighted by atomic mass is 10.1. The number of carbonyl (C=O) groups excluding carboxylic acids is 2. The fraction of sp³-hybridized carbons (Fsp3) is 0.350. The molecular weight excluding hydrogens is 380 g/mol. The summed E-state index contributed by atoms with van der Waals surface area (Å²) in [4.78, 5) is 33.6. The first-order valence-corrected chi connectivity index (χ1v) is 9.73. The topological polar surface area (TPSA) is 68.4 Å². The molecule has 2 aliphatic heterocycles. The van der Waals surface area contributed by atoms with Gasteiger partial charge in [-0.05, 0) is 24.3 Å². The first-order valence-electron chi connectivity index (χ1n) is 9.35. The van der Waals surface area contributed by atoms with Gasteiger partial charge in [-0.1, -0.05) is 17.7 Å². The summed E-state index contributed by atoms with van der Waals surface area (Å²) in [5, 5.41) is 0.379. The molecule has 2 fully saturated rings. The Morgan fingerprint density at radius 1 is 1.18 bits per heavy atom. The SMILES string of the molecule is COc1ccc(N2C(=O)C[C@@H]([NH+]3CCN(c4cccc[nH+]4)CC3)C2=O)cc1Cl. The molecule has 2 aromatic rings. The lowest BCUT2D eigenvalue weighted by Crippen LogP contribution is -3.19. The van der Waals surface area contributed by atoms with Crippen molar-refractivity contribution in [2.45, 2.75) is 12.5 Å². The maximum Gasteiger partial charge on any atom is 0.292 e. The van der Waals surface area contributed by atoms with Crippen molar-refractivity contribution in [3.8, 4) is 5.75 Å². The number of piperazine rings is 1. The van der Waals surface area contributed by atoms with Gasteiger partial charge < -0.3 is 9.64 Å². The number of benzene rings is 1. The summed E-state index contributed by atoms with van der Waals surface area (Å²) < 4.78 is 5.15. The van der Waals surface area contributed by atoms with Crippen LogP contribution in [0.1, 0.15) is 6.42 Å². The number of halogens is 1. The Hall–Kier alpha value is -2.64. The van der Waals surface area contributed by atoms with Crippen molar-refractivity contribution in [2.75, 3.05) is 43.1 Å². The summed E-state index contributed by atoms with van der Waals surface area (Å²) in [6.07, 6.45) is 2.14. The first kappa shape index (κ1) is 18.7. The molecule has 0 aliphatic carbocycles. The summed E-state index contributed by atoms with van der Waals surface area (Å²) in [6.45, 7) is 3.29. The third-order valence-electron chi connectivity index (χ3n) is 5.47. The van der Waals surface area contributed by atoms with Gasteiger partial charge in [0.25, 0.3) is 11.7 Å². The van der Waals surface area contributed by atoms with E-state index in [1.807, 2.05) is 24.4 Å². The van der Waals surface area contributed by atoms with Gasteiger partial charge in [-0.2, -0.15) is 0 Å². The Morgan fingerprint density at radius 3 is 2.61 bits per heavy atom. The minimum atomic E-state index is -0.338. The van der Waals surface area contributed by atoms with Crippen molar-refractivity contribution in [3.05, 3.63) is 47.6 Å². The molecule has 0 spiro atoms. The molecule has 2 aliphatic rings. The molecule has 0 unspecified atom stereocenters. The van der Waals surface area contributed by atoms with Gasteiger partial charge in [0.05, 0.1) is 30.4 Å². The highest BCUT2D eigenvalue weighted by atomic mass is 35.5. The van der Waals surface area contributed by atoms with Crippen LogP contribution in [0.4, 0.5) is 11.5 Å². The fourth-order valence-electron chi connectivity index (χ4n) is 3.98. The molecule has 28 heavy (non-hydrogen) atoms. The normalized spacial score (nSPS) is 20.7. The Bertz CT molecular complexity index is 884. The van der Waals surface area contributed by atoms with Crippen LogP contribution in [0.5, 0.6) is 5.75 Å². The number of hydrogen-bond donors (Lipinski definition) is 1. The van der Waals surface area contributed by atoms with Crippen LogP contribution in [0.3, 0.4) is 0 Å². The second kappa shape index (κ2) is 7.77. The highest BCUT2D eigenvalue weighted by Gasteiger charge is 2.47. The van der Waals surface area contributed by atoms with E-state index in [4.69, 9.17) is 16.3 Å². The lowest BCUT2D eigenvalue weighted by Gasteiger charge is -2.31. The van der Waals surface area contributed by atoms with E-state index < -0.39 is 0 Å². The van der Waals surface area contributed by atoms with Crippen molar-refractivity contribution in [1.82, 2.24) is 0 Å². The molecule has 3 heterocycles. The summed E-state index contributed by atoms with van der Waals surface area (Å²) in [6, 6.07) is 10.6. The van der Waals surface area contributed by atoms with Gasteiger partial charge in [0.15, 0.2) is 6.04 Å². The van der Waals surface area contributed by atoms with Crippen LogP contribution in [0.2, 0.25) is 5.02 Å². The standard InChI is InChI=1S/C20H21ClN4O3/c1-28-17-6-5-14(12-15(17)21)25-19(26)13-16(20(25)27)23-8-10-24(11-9-23)18-4-2-3-7-22-18/h2-7,12,16H,8-11,13H2,1H3/p+2/t16-/m1/s1. The monoisotopic (exact) mass is 402 g/mol. The number of nitrogens with one attached hydrogen (secondary N) is 2. The Morgan fingerprint density at radius 2 is 1.96 bits per heavy atom. The van der Waals surface area contributed by atoms with Gasteiger partial charge in [-0.25, -0.2) is 9.88 Å². The fourth-order valence-corrected chi connectivity index (χ4v) is 4.23. The average Bonchev–Trinajstić information content (AvgIpc) is 3.03. The number of hydrogen-bond acceptors (Lipinski definition) is 4. The number of nitrogens with zero attached hydrogens (tertiary/aromatic N) is 2. The maximum atomic E-state index is 13.0. The predicted octanol–water partition coefficient (Wildman–Crippen LogP) is 0.200. The average molecular weight is 403 g/mol. The number of amides is 2. The van der Waals surface area contributed by atoms with Crippen LogP contribution in [0, 0.1) is 0 Å². The third kappa shape index (κ3) is 3.43. The van der Waals surface area contributed by atoms with E-state index in [1.165, 1.54) is 12.0 Å². The van der Waals surface area contributed by atoms with E-state index in [1.54, 1.807) is 18.2 Å². The smallest absolute Gasteiger partial charge is 0.292 e. The molecule has 0 saturated carbocycles. The molecule has 2 amide bonds. The molecule has 1 atom stereocenters. The summed E-state index contributed by atoms with van der Waals surface area (Å²) in [5.74, 6) is 1.26. The molecule has 0 radical (unpaired) electrons. The molecule has 2 N–H and O–H groups in total. The van der Waals surface area contributed by atoms with Gasteiger partial charge >= 0.3 is 0 Å². The third-order valence-corrected chi connectivity index (χ3v) is 5.77. The van der Waals surface area contributed by atoms with E-state index >= 15 is 0 Å². The summed E-state index contributed by atoms with van der Waals surface area (Å²) in [7, 11) is 1.53. The number of methoxy groups -OCH3 is 1. The van der Waals surface area contributed by atoms with E-state index in [9.17, 15) is 9.59 Å². The second-order valence-electron chi connectivity index (χ2n) is 7.04. The van der Waals surface area contributed by atoms with E-state index in [0.29, 0.717) is 16.5 Å².